The van der Waals surface area contributed by atoms with Crippen LogP contribution in [-0.2, 0) is 11.8 Å². The van der Waals surface area contributed by atoms with Crippen LogP contribution in [0.1, 0.15) is 49.9 Å². The second-order valence-electron chi connectivity index (χ2n) is 6.01. The summed E-state index contributed by atoms with van der Waals surface area (Å²) >= 11 is 0. The number of rotatable bonds is 5. The van der Waals surface area contributed by atoms with Crippen molar-refractivity contribution >= 4 is 17.5 Å². The van der Waals surface area contributed by atoms with E-state index < -0.39 is 0 Å². The zero-order chi connectivity index (χ0) is 17.0. The Labute approximate surface area is 136 Å². The topological polar surface area (TPSA) is 71.4 Å². The number of nitrogens with one attached hydrogen (secondary N) is 1. The van der Waals surface area contributed by atoms with E-state index in [0.29, 0.717) is 18.7 Å². The highest BCUT2D eigenvalue weighted by atomic mass is 16.2. The molecule has 0 saturated heterocycles. The molecule has 126 valence electrons. The first-order valence-corrected chi connectivity index (χ1v) is 8.28. The minimum Gasteiger partial charge on any atom is -0.339 e. The lowest BCUT2D eigenvalue weighted by atomic mass is 10.1. The fourth-order valence-corrected chi connectivity index (χ4v) is 3.03. The van der Waals surface area contributed by atoms with Crippen LogP contribution in [0.25, 0.3) is 0 Å². The third-order valence-corrected chi connectivity index (χ3v) is 4.46. The summed E-state index contributed by atoms with van der Waals surface area (Å²) in [6.07, 6.45) is 5.36. The Hall–Kier alpha value is -2.11. The average molecular weight is 319 g/mol. The smallest absolute Gasteiger partial charge is 0.274 e. The maximum Gasteiger partial charge on any atom is 0.274 e. The lowest BCUT2D eigenvalue weighted by Crippen LogP contribution is -2.33. The molecule has 2 amide bonds. The highest BCUT2D eigenvalue weighted by molar-refractivity contribution is 5.97. The Morgan fingerprint density at radius 3 is 2.43 bits per heavy atom. The number of aromatic nitrogens is 1. The molecule has 1 saturated carbocycles. The molecule has 0 radical (unpaired) electrons. The summed E-state index contributed by atoms with van der Waals surface area (Å²) in [6, 6.07) is 1.50. The van der Waals surface area contributed by atoms with Crippen LogP contribution in [-0.4, -0.2) is 34.4 Å². The van der Waals surface area contributed by atoms with Crippen molar-refractivity contribution in [1.82, 2.24) is 9.47 Å². The van der Waals surface area contributed by atoms with Crippen molar-refractivity contribution in [1.29, 1.82) is 0 Å². The lowest BCUT2D eigenvalue weighted by molar-refractivity contribution is -0.119. The summed E-state index contributed by atoms with van der Waals surface area (Å²) in [6.45, 7) is 5.02. The predicted octanol–water partition coefficient (Wildman–Crippen LogP) is 2.00. The Kier molecular flexibility index (Phi) is 5.58. The molecule has 1 fully saturated rings. The van der Waals surface area contributed by atoms with Crippen molar-refractivity contribution in [2.24, 2.45) is 13.0 Å². The van der Waals surface area contributed by atoms with Gasteiger partial charge in [0.2, 0.25) is 5.91 Å². The summed E-state index contributed by atoms with van der Waals surface area (Å²) < 4.78 is 1.35. The van der Waals surface area contributed by atoms with Gasteiger partial charge in [-0.3, -0.25) is 14.4 Å². The third kappa shape index (κ3) is 3.81. The van der Waals surface area contributed by atoms with Crippen LogP contribution in [0.3, 0.4) is 0 Å². The van der Waals surface area contributed by atoms with Crippen molar-refractivity contribution in [3.8, 4) is 0 Å². The highest BCUT2D eigenvalue weighted by Gasteiger charge is 2.24. The molecule has 0 aliphatic heterocycles. The molecule has 1 aromatic rings. The van der Waals surface area contributed by atoms with Gasteiger partial charge in [0.25, 0.3) is 11.5 Å². The summed E-state index contributed by atoms with van der Waals surface area (Å²) in [7, 11) is 1.59. The lowest BCUT2D eigenvalue weighted by Gasteiger charge is -2.19. The van der Waals surface area contributed by atoms with Crippen LogP contribution >= 0.6 is 0 Å². The molecule has 2 rings (SSSR count). The van der Waals surface area contributed by atoms with Gasteiger partial charge in [-0.2, -0.15) is 0 Å². The fourth-order valence-electron chi connectivity index (χ4n) is 3.03. The molecular weight excluding hydrogens is 294 g/mol. The number of hydrogen-bond acceptors (Lipinski definition) is 3. The van der Waals surface area contributed by atoms with Crippen LogP contribution in [0, 0.1) is 5.92 Å². The van der Waals surface area contributed by atoms with E-state index in [1.165, 1.54) is 16.8 Å². The van der Waals surface area contributed by atoms with Crippen LogP contribution in [0.2, 0.25) is 0 Å². The van der Waals surface area contributed by atoms with Gasteiger partial charge in [-0.05, 0) is 32.8 Å². The number of amides is 2. The summed E-state index contributed by atoms with van der Waals surface area (Å²) in [4.78, 5) is 38.6. The van der Waals surface area contributed by atoms with Gasteiger partial charge in [-0.1, -0.05) is 12.8 Å². The summed E-state index contributed by atoms with van der Waals surface area (Å²) in [5.74, 6) is -0.282. The average Bonchev–Trinajstić information content (AvgIpc) is 3.07. The predicted molar refractivity (Wildman–Crippen MR) is 89.5 cm³/mol. The van der Waals surface area contributed by atoms with Crippen molar-refractivity contribution in [2.75, 3.05) is 18.4 Å². The molecule has 6 heteroatoms. The van der Waals surface area contributed by atoms with Crippen molar-refractivity contribution in [3.05, 3.63) is 28.2 Å². The van der Waals surface area contributed by atoms with E-state index in [9.17, 15) is 14.4 Å². The van der Waals surface area contributed by atoms with E-state index in [0.717, 1.165) is 25.7 Å². The maximum absolute atomic E-state index is 12.5. The van der Waals surface area contributed by atoms with E-state index in [1.807, 2.05) is 13.8 Å². The van der Waals surface area contributed by atoms with Crippen LogP contribution in [0.4, 0.5) is 5.69 Å². The minimum atomic E-state index is -0.299. The molecule has 0 atom stereocenters. The first-order valence-electron chi connectivity index (χ1n) is 8.28. The maximum atomic E-state index is 12.5. The zero-order valence-electron chi connectivity index (χ0n) is 14.1. The molecule has 0 spiro atoms. The van der Waals surface area contributed by atoms with Crippen molar-refractivity contribution in [2.45, 2.75) is 39.5 Å². The molecule has 23 heavy (non-hydrogen) atoms. The highest BCUT2D eigenvalue weighted by Crippen LogP contribution is 2.25. The number of anilines is 1. The molecule has 1 aliphatic rings. The number of hydrogen-bond donors (Lipinski definition) is 1. The van der Waals surface area contributed by atoms with E-state index in [2.05, 4.69) is 5.32 Å². The van der Waals surface area contributed by atoms with Crippen LogP contribution < -0.4 is 10.9 Å². The second-order valence-corrected chi connectivity index (χ2v) is 6.01. The SMILES string of the molecule is CCN(CC)C(=O)c1cc(NC(=O)C2CCCC2)c(=O)n(C)c1. The van der Waals surface area contributed by atoms with Crippen LogP contribution in [0.5, 0.6) is 0 Å². The van der Waals surface area contributed by atoms with Crippen molar-refractivity contribution in [3.63, 3.8) is 0 Å². The number of pyridine rings is 1. The summed E-state index contributed by atoms with van der Waals surface area (Å²) in [5, 5.41) is 2.72. The van der Waals surface area contributed by atoms with Crippen LogP contribution in [0.15, 0.2) is 17.1 Å². The normalized spacial score (nSPS) is 14.7. The largest absolute Gasteiger partial charge is 0.339 e. The number of carbonyl (C=O) groups is 2. The number of carbonyl (C=O) groups excluding carboxylic acids is 2. The van der Waals surface area contributed by atoms with Gasteiger partial charge in [-0.25, -0.2) is 0 Å². The standard InChI is InChI=1S/C17H25N3O3/c1-4-20(5-2)16(22)13-10-14(17(23)19(3)11-13)18-15(21)12-8-6-7-9-12/h10-12H,4-9H2,1-3H3,(H,18,21). The molecule has 1 N–H and O–H groups in total. The van der Waals surface area contributed by atoms with Gasteiger partial charge >= 0.3 is 0 Å². The zero-order valence-corrected chi connectivity index (χ0v) is 14.1. The first kappa shape index (κ1) is 17.2. The Balaban J connectivity index is 2.27. The van der Waals surface area contributed by atoms with Gasteiger partial charge in [0.05, 0.1) is 5.56 Å². The van der Waals surface area contributed by atoms with E-state index in [-0.39, 0.29) is 29.0 Å². The molecule has 1 heterocycles. The first-order chi connectivity index (χ1) is 11.0. The number of aryl methyl sites for hydroxylation is 1. The van der Waals surface area contributed by atoms with Gasteiger partial charge in [0.15, 0.2) is 0 Å². The summed E-state index contributed by atoms with van der Waals surface area (Å²) in [5.41, 5.74) is 0.298. The monoisotopic (exact) mass is 319 g/mol. The van der Waals surface area contributed by atoms with Gasteiger partial charge < -0.3 is 14.8 Å². The molecule has 0 unspecified atom stereocenters. The van der Waals surface area contributed by atoms with Gasteiger partial charge in [-0.15, -0.1) is 0 Å². The second kappa shape index (κ2) is 7.44. The number of nitrogens with zero attached hydrogens (tertiary/aromatic N) is 2. The van der Waals surface area contributed by atoms with Gasteiger partial charge in [0, 0.05) is 32.3 Å². The van der Waals surface area contributed by atoms with E-state index in [1.54, 1.807) is 11.9 Å². The quantitative estimate of drug-likeness (QED) is 0.902. The molecule has 6 nitrogen and oxygen atoms in total. The molecule has 0 bridgehead atoms. The Morgan fingerprint density at radius 2 is 1.87 bits per heavy atom. The van der Waals surface area contributed by atoms with E-state index >= 15 is 0 Å². The van der Waals surface area contributed by atoms with E-state index in [4.69, 9.17) is 0 Å². The van der Waals surface area contributed by atoms with Gasteiger partial charge in [0.1, 0.15) is 5.69 Å². The third-order valence-electron chi connectivity index (χ3n) is 4.46. The Bertz CT molecular complexity index is 641. The molecule has 0 aromatic carbocycles. The molecule has 1 aromatic heterocycles. The molecule has 1 aliphatic carbocycles. The van der Waals surface area contributed by atoms with Crippen molar-refractivity contribution < 1.29 is 9.59 Å². The Morgan fingerprint density at radius 1 is 1.26 bits per heavy atom. The minimum absolute atomic E-state index is 0.0261. The fraction of sp³-hybridized carbons (Fsp3) is 0.588. The molecular formula is C17H25N3O3.